The molecule has 2 aromatic rings. The summed E-state index contributed by atoms with van der Waals surface area (Å²) in [5.74, 6) is 0.714. The highest BCUT2D eigenvalue weighted by atomic mass is 32.1. The summed E-state index contributed by atoms with van der Waals surface area (Å²) in [5, 5.41) is 10.1. The Morgan fingerprint density at radius 1 is 1.56 bits per heavy atom. The Bertz CT molecular complexity index is 661. The van der Waals surface area contributed by atoms with Crippen molar-refractivity contribution < 1.29 is 4.74 Å². The van der Waals surface area contributed by atoms with Gasteiger partial charge in [0.1, 0.15) is 11.9 Å². The Morgan fingerprint density at radius 3 is 3.11 bits per heavy atom. The van der Waals surface area contributed by atoms with Crippen LogP contribution in [0.1, 0.15) is 5.56 Å². The van der Waals surface area contributed by atoms with Crippen molar-refractivity contribution in [1.82, 2.24) is 14.9 Å². The predicted molar refractivity (Wildman–Crippen MR) is 69.7 cm³/mol. The van der Waals surface area contributed by atoms with Crippen molar-refractivity contribution in [3.05, 3.63) is 51.2 Å². The SMILES string of the molecule is COc1cccc(/C=N/n2c(=O)cn[nH]c2=S)c1. The third-order valence-corrected chi connectivity index (χ3v) is 2.42. The molecule has 0 saturated heterocycles. The topological polar surface area (TPSA) is 72.3 Å². The molecule has 7 heteroatoms. The number of H-pyrrole nitrogens is 1. The number of nitrogens with one attached hydrogen (secondary N) is 1. The van der Waals surface area contributed by atoms with Crippen LogP contribution in [0.15, 0.2) is 40.4 Å². The Labute approximate surface area is 108 Å². The lowest BCUT2D eigenvalue weighted by atomic mass is 10.2. The van der Waals surface area contributed by atoms with E-state index in [1.54, 1.807) is 13.2 Å². The highest BCUT2D eigenvalue weighted by molar-refractivity contribution is 7.71. The molecule has 0 spiro atoms. The fourth-order valence-corrected chi connectivity index (χ4v) is 1.49. The predicted octanol–water partition coefficient (Wildman–Crippen LogP) is 1.19. The molecule has 18 heavy (non-hydrogen) atoms. The molecule has 0 aliphatic rings. The smallest absolute Gasteiger partial charge is 0.293 e. The van der Waals surface area contributed by atoms with Gasteiger partial charge in [-0.2, -0.15) is 14.9 Å². The molecule has 0 fully saturated rings. The zero-order valence-electron chi connectivity index (χ0n) is 9.53. The van der Waals surface area contributed by atoms with Gasteiger partial charge in [0.25, 0.3) is 5.56 Å². The van der Waals surface area contributed by atoms with Crippen LogP contribution in [-0.2, 0) is 0 Å². The molecule has 0 unspecified atom stereocenters. The Kier molecular flexibility index (Phi) is 3.63. The van der Waals surface area contributed by atoms with Gasteiger partial charge in [-0.05, 0) is 29.9 Å². The van der Waals surface area contributed by atoms with Gasteiger partial charge >= 0.3 is 0 Å². The van der Waals surface area contributed by atoms with Gasteiger partial charge in [-0.15, -0.1) is 0 Å². The summed E-state index contributed by atoms with van der Waals surface area (Å²) in [4.78, 5) is 11.5. The second-order valence-electron chi connectivity index (χ2n) is 3.35. The normalized spacial score (nSPS) is 10.7. The summed E-state index contributed by atoms with van der Waals surface area (Å²) in [7, 11) is 1.58. The lowest BCUT2D eigenvalue weighted by Crippen LogP contribution is -2.18. The van der Waals surface area contributed by atoms with Crippen molar-refractivity contribution >= 4 is 18.4 Å². The van der Waals surface area contributed by atoms with Gasteiger partial charge in [-0.3, -0.25) is 9.89 Å². The summed E-state index contributed by atoms with van der Waals surface area (Å²) < 4.78 is 6.29. The minimum absolute atomic E-state index is 0.140. The fourth-order valence-electron chi connectivity index (χ4n) is 1.30. The lowest BCUT2D eigenvalue weighted by Gasteiger charge is -2.00. The second kappa shape index (κ2) is 5.37. The molecular formula is C11H10N4O2S. The summed E-state index contributed by atoms with van der Waals surface area (Å²) >= 11 is 4.91. The molecule has 0 saturated carbocycles. The molecule has 1 aromatic carbocycles. The third kappa shape index (κ3) is 2.69. The molecule has 0 radical (unpaired) electrons. The first-order chi connectivity index (χ1) is 8.70. The van der Waals surface area contributed by atoms with E-state index < -0.39 is 5.56 Å². The molecule has 0 atom stereocenters. The summed E-state index contributed by atoms with van der Waals surface area (Å²) in [5.41, 5.74) is 0.408. The monoisotopic (exact) mass is 262 g/mol. The molecule has 92 valence electrons. The van der Waals surface area contributed by atoms with E-state index >= 15 is 0 Å². The standard InChI is InChI=1S/C11H10N4O2S/c1-17-9-4-2-3-8(5-9)6-13-15-10(16)7-12-14-11(15)18/h2-7H,1H3,(H,14,18)/b13-6+. The van der Waals surface area contributed by atoms with Gasteiger partial charge in [0, 0.05) is 0 Å². The van der Waals surface area contributed by atoms with Crippen molar-refractivity contribution in [3.8, 4) is 5.75 Å². The number of benzene rings is 1. The molecule has 2 rings (SSSR count). The van der Waals surface area contributed by atoms with E-state index in [0.29, 0.717) is 5.75 Å². The van der Waals surface area contributed by atoms with Gasteiger partial charge in [0.15, 0.2) is 0 Å². The minimum Gasteiger partial charge on any atom is -0.497 e. The largest absolute Gasteiger partial charge is 0.497 e. The quantitative estimate of drug-likeness (QED) is 0.666. The molecular weight excluding hydrogens is 252 g/mol. The van der Waals surface area contributed by atoms with Crippen LogP contribution in [0.4, 0.5) is 0 Å². The second-order valence-corrected chi connectivity index (χ2v) is 3.73. The first-order valence-electron chi connectivity index (χ1n) is 5.06. The molecule has 0 bridgehead atoms. The molecule has 1 aromatic heterocycles. The van der Waals surface area contributed by atoms with Crippen molar-refractivity contribution in [3.63, 3.8) is 0 Å². The maximum Gasteiger partial charge on any atom is 0.293 e. The summed E-state index contributed by atoms with van der Waals surface area (Å²) in [6.07, 6.45) is 2.63. The highest BCUT2D eigenvalue weighted by Gasteiger charge is 1.96. The Balaban J connectivity index is 2.36. The zero-order chi connectivity index (χ0) is 13.0. The maximum atomic E-state index is 11.5. The van der Waals surface area contributed by atoms with E-state index in [4.69, 9.17) is 17.0 Å². The Morgan fingerprint density at radius 2 is 2.39 bits per heavy atom. The molecule has 0 aliphatic heterocycles. The van der Waals surface area contributed by atoms with E-state index in [-0.39, 0.29) is 4.77 Å². The number of ether oxygens (including phenoxy) is 1. The number of hydrogen-bond donors (Lipinski definition) is 1. The van der Waals surface area contributed by atoms with Crippen molar-refractivity contribution in [1.29, 1.82) is 0 Å². The molecule has 1 N–H and O–H groups in total. The number of rotatable bonds is 3. The van der Waals surface area contributed by atoms with E-state index in [1.807, 2.05) is 18.2 Å². The first kappa shape index (κ1) is 12.2. The number of hydrogen-bond acceptors (Lipinski definition) is 5. The minimum atomic E-state index is -0.391. The number of methoxy groups -OCH3 is 1. The van der Waals surface area contributed by atoms with Crippen molar-refractivity contribution in [2.45, 2.75) is 0 Å². The average Bonchev–Trinajstić information content (AvgIpc) is 2.38. The number of aromatic amines is 1. The van der Waals surface area contributed by atoms with Gasteiger partial charge in [0.2, 0.25) is 4.77 Å². The van der Waals surface area contributed by atoms with Crippen LogP contribution >= 0.6 is 12.2 Å². The summed E-state index contributed by atoms with van der Waals surface area (Å²) in [6.45, 7) is 0. The van der Waals surface area contributed by atoms with Crippen LogP contribution in [0.5, 0.6) is 5.75 Å². The van der Waals surface area contributed by atoms with Crippen LogP contribution in [0.3, 0.4) is 0 Å². The average molecular weight is 262 g/mol. The van der Waals surface area contributed by atoms with Gasteiger partial charge < -0.3 is 4.74 Å². The summed E-state index contributed by atoms with van der Waals surface area (Å²) in [6, 6.07) is 7.28. The first-order valence-corrected chi connectivity index (χ1v) is 5.46. The van der Waals surface area contributed by atoms with E-state index in [1.165, 1.54) is 6.21 Å². The molecule has 0 aliphatic carbocycles. The maximum absolute atomic E-state index is 11.5. The molecule has 1 heterocycles. The number of nitrogens with zero attached hydrogens (tertiary/aromatic N) is 3. The van der Waals surface area contributed by atoms with Crippen LogP contribution in [0.2, 0.25) is 0 Å². The zero-order valence-corrected chi connectivity index (χ0v) is 10.3. The van der Waals surface area contributed by atoms with Gasteiger partial charge in [0.05, 0.1) is 13.3 Å². The fraction of sp³-hybridized carbons (Fsp3) is 0.0909. The van der Waals surface area contributed by atoms with Gasteiger partial charge in [-0.1, -0.05) is 12.1 Å². The molecule has 6 nitrogen and oxygen atoms in total. The third-order valence-electron chi connectivity index (χ3n) is 2.15. The Hall–Kier alpha value is -2.28. The highest BCUT2D eigenvalue weighted by Crippen LogP contribution is 2.10. The van der Waals surface area contributed by atoms with E-state index in [2.05, 4.69) is 15.3 Å². The van der Waals surface area contributed by atoms with Crippen LogP contribution < -0.4 is 10.3 Å². The van der Waals surface area contributed by atoms with E-state index in [9.17, 15) is 4.79 Å². The van der Waals surface area contributed by atoms with Crippen LogP contribution in [0, 0.1) is 4.77 Å². The molecule has 0 amide bonds. The number of aromatic nitrogens is 3. The van der Waals surface area contributed by atoms with Crippen LogP contribution in [-0.4, -0.2) is 28.2 Å². The lowest BCUT2D eigenvalue weighted by molar-refractivity contribution is 0.414. The van der Waals surface area contributed by atoms with Gasteiger partial charge in [-0.25, -0.2) is 0 Å². The van der Waals surface area contributed by atoms with Crippen molar-refractivity contribution in [2.24, 2.45) is 5.10 Å². The van der Waals surface area contributed by atoms with Crippen LogP contribution in [0.25, 0.3) is 0 Å². The van der Waals surface area contributed by atoms with Crippen molar-refractivity contribution in [2.75, 3.05) is 7.11 Å². The van der Waals surface area contributed by atoms with E-state index in [0.717, 1.165) is 16.4 Å².